The topological polar surface area (TPSA) is 71.8 Å². The Morgan fingerprint density at radius 3 is 2.44 bits per heavy atom. The van der Waals surface area contributed by atoms with Crippen LogP contribution in [0, 0.1) is 0 Å². The third-order valence-corrected chi connectivity index (χ3v) is 5.09. The van der Waals surface area contributed by atoms with E-state index in [2.05, 4.69) is 0 Å². The summed E-state index contributed by atoms with van der Waals surface area (Å²) >= 11 is 6.20. The summed E-state index contributed by atoms with van der Waals surface area (Å²) in [6.07, 6.45) is 0. The number of amides is 1. The summed E-state index contributed by atoms with van der Waals surface area (Å²) < 4.78 is 6.60. The Labute approximate surface area is 162 Å². The number of carbonyl (C=O) groups excluding carboxylic acids is 2. The number of piperazine rings is 1. The Bertz CT molecular complexity index is 962. The van der Waals surface area contributed by atoms with Gasteiger partial charge in [-0.2, -0.15) is 0 Å². The number of rotatable bonds is 3. The summed E-state index contributed by atoms with van der Waals surface area (Å²) in [4.78, 5) is 40.9. The molecule has 0 aliphatic carbocycles. The van der Waals surface area contributed by atoms with Crippen LogP contribution in [0.25, 0.3) is 10.9 Å². The summed E-state index contributed by atoms with van der Waals surface area (Å²) in [5.74, 6) is -0.638. The Morgan fingerprint density at radius 1 is 1.19 bits per heavy atom. The number of aromatic nitrogens is 1. The van der Waals surface area contributed by atoms with Crippen molar-refractivity contribution in [2.45, 2.75) is 13.8 Å². The second-order valence-electron chi connectivity index (χ2n) is 6.46. The molecular weight excluding hydrogens is 370 g/mol. The van der Waals surface area contributed by atoms with Gasteiger partial charge in [-0.3, -0.25) is 9.59 Å². The third kappa shape index (κ3) is 3.51. The van der Waals surface area contributed by atoms with Gasteiger partial charge in [0.25, 0.3) is 5.56 Å². The molecule has 0 atom stereocenters. The Kier molecular flexibility index (Phi) is 5.41. The largest absolute Gasteiger partial charge is 0.462 e. The van der Waals surface area contributed by atoms with Crippen molar-refractivity contribution in [3.63, 3.8) is 0 Å². The van der Waals surface area contributed by atoms with Crippen molar-refractivity contribution in [1.29, 1.82) is 0 Å². The lowest BCUT2D eigenvalue weighted by Crippen LogP contribution is -2.49. The number of hydrogen-bond donors (Lipinski definition) is 0. The molecule has 27 heavy (non-hydrogen) atoms. The molecule has 1 saturated heterocycles. The molecule has 8 heteroatoms. The van der Waals surface area contributed by atoms with Crippen molar-refractivity contribution in [2.75, 3.05) is 37.7 Å². The number of esters is 1. The molecule has 0 spiro atoms. The molecule has 144 valence electrons. The minimum absolute atomic E-state index is 0.00499. The van der Waals surface area contributed by atoms with Crippen molar-refractivity contribution in [3.05, 3.63) is 39.1 Å². The highest BCUT2D eigenvalue weighted by Crippen LogP contribution is 2.32. The minimum atomic E-state index is -0.649. The van der Waals surface area contributed by atoms with E-state index in [1.54, 1.807) is 37.1 Å². The van der Waals surface area contributed by atoms with E-state index in [1.807, 2.05) is 4.90 Å². The molecule has 3 rings (SSSR count). The lowest BCUT2D eigenvalue weighted by atomic mass is 10.1. The van der Waals surface area contributed by atoms with E-state index >= 15 is 0 Å². The van der Waals surface area contributed by atoms with Gasteiger partial charge in [-0.1, -0.05) is 11.6 Å². The van der Waals surface area contributed by atoms with Gasteiger partial charge in [-0.25, -0.2) is 4.79 Å². The van der Waals surface area contributed by atoms with E-state index < -0.39 is 11.5 Å². The lowest BCUT2D eigenvalue weighted by Gasteiger charge is -2.37. The molecule has 1 aromatic heterocycles. The predicted octanol–water partition coefficient (Wildman–Crippen LogP) is 2.04. The molecule has 1 aromatic carbocycles. The fourth-order valence-corrected chi connectivity index (χ4v) is 3.64. The van der Waals surface area contributed by atoms with Crippen LogP contribution in [0.3, 0.4) is 0 Å². The van der Waals surface area contributed by atoms with Gasteiger partial charge in [-0.15, -0.1) is 0 Å². The normalized spacial score (nSPS) is 14.5. The summed E-state index contributed by atoms with van der Waals surface area (Å²) in [5.41, 5.74) is 0.802. The first-order valence-electron chi connectivity index (χ1n) is 8.85. The molecule has 0 radical (unpaired) electrons. The number of halogens is 1. The summed E-state index contributed by atoms with van der Waals surface area (Å²) in [6, 6.07) is 5.24. The van der Waals surface area contributed by atoms with Crippen molar-refractivity contribution in [1.82, 2.24) is 9.47 Å². The second kappa shape index (κ2) is 7.60. The van der Waals surface area contributed by atoms with Crippen molar-refractivity contribution < 1.29 is 14.3 Å². The molecule has 0 saturated carbocycles. The van der Waals surface area contributed by atoms with Gasteiger partial charge in [0.05, 0.1) is 17.8 Å². The average Bonchev–Trinajstić information content (AvgIpc) is 2.64. The van der Waals surface area contributed by atoms with Crippen LogP contribution in [-0.2, 0) is 16.6 Å². The van der Waals surface area contributed by atoms with Gasteiger partial charge >= 0.3 is 5.97 Å². The van der Waals surface area contributed by atoms with Crippen LogP contribution < -0.4 is 10.5 Å². The van der Waals surface area contributed by atoms with Crippen LogP contribution in [0.15, 0.2) is 23.0 Å². The highest BCUT2D eigenvalue weighted by Gasteiger charge is 2.29. The number of ether oxygens (including phenoxy) is 1. The van der Waals surface area contributed by atoms with Crippen LogP contribution in [0.2, 0.25) is 5.02 Å². The summed E-state index contributed by atoms with van der Waals surface area (Å²) in [7, 11) is 1.62. The van der Waals surface area contributed by atoms with E-state index in [-0.39, 0.29) is 18.1 Å². The molecule has 0 bridgehead atoms. The summed E-state index contributed by atoms with van der Waals surface area (Å²) in [6.45, 7) is 5.48. The Balaban J connectivity index is 2.22. The number of carbonyl (C=O) groups is 2. The standard InChI is InChI=1S/C19H22ClN3O4/c1-4-27-19(26)16-17(23-9-7-22(8-10-23)12(2)24)14-11-13(20)5-6-15(14)21(3)18(16)25/h5-6,11H,4,7-10H2,1-3H3. The SMILES string of the molecule is CCOC(=O)c1c(N2CCN(C(C)=O)CC2)c2cc(Cl)ccc2n(C)c1=O. The predicted molar refractivity (Wildman–Crippen MR) is 105 cm³/mol. The lowest BCUT2D eigenvalue weighted by molar-refractivity contribution is -0.129. The van der Waals surface area contributed by atoms with Gasteiger partial charge in [0.1, 0.15) is 5.56 Å². The first-order valence-corrected chi connectivity index (χ1v) is 9.22. The maximum Gasteiger partial charge on any atom is 0.345 e. The van der Waals surface area contributed by atoms with E-state index in [9.17, 15) is 14.4 Å². The monoisotopic (exact) mass is 391 g/mol. The van der Waals surface area contributed by atoms with Crippen LogP contribution in [0.1, 0.15) is 24.2 Å². The maximum atomic E-state index is 13.0. The fourth-order valence-electron chi connectivity index (χ4n) is 3.46. The first kappa shape index (κ1) is 19.2. The van der Waals surface area contributed by atoms with Gasteiger partial charge in [-0.05, 0) is 25.1 Å². The zero-order valence-electron chi connectivity index (χ0n) is 15.6. The molecule has 0 N–H and O–H groups in total. The number of pyridine rings is 1. The van der Waals surface area contributed by atoms with Gasteiger partial charge in [0, 0.05) is 50.6 Å². The highest BCUT2D eigenvalue weighted by atomic mass is 35.5. The minimum Gasteiger partial charge on any atom is -0.462 e. The van der Waals surface area contributed by atoms with Gasteiger partial charge < -0.3 is 19.1 Å². The van der Waals surface area contributed by atoms with E-state index in [4.69, 9.17) is 16.3 Å². The van der Waals surface area contributed by atoms with Crippen molar-refractivity contribution in [3.8, 4) is 0 Å². The van der Waals surface area contributed by atoms with Crippen LogP contribution >= 0.6 is 11.6 Å². The zero-order valence-corrected chi connectivity index (χ0v) is 16.4. The molecular formula is C19H22ClN3O4. The molecule has 1 amide bonds. The molecule has 2 aromatic rings. The van der Waals surface area contributed by atoms with E-state index in [1.165, 1.54) is 11.5 Å². The maximum absolute atomic E-state index is 13.0. The number of fused-ring (bicyclic) bond motifs is 1. The molecule has 1 aliphatic rings. The van der Waals surface area contributed by atoms with E-state index in [0.29, 0.717) is 47.8 Å². The highest BCUT2D eigenvalue weighted by molar-refractivity contribution is 6.31. The van der Waals surface area contributed by atoms with Crippen LogP contribution in [0.5, 0.6) is 0 Å². The Morgan fingerprint density at radius 2 is 1.85 bits per heavy atom. The quantitative estimate of drug-likeness (QED) is 0.749. The number of nitrogens with zero attached hydrogens (tertiary/aromatic N) is 3. The fraction of sp³-hybridized carbons (Fsp3) is 0.421. The molecule has 2 heterocycles. The molecule has 1 fully saturated rings. The van der Waals surface area contributed by atoms with Gasteiger partial charge in [0.2, 0.25) is 5.91 Å². The first-order chi connectivity index (χ1) is 12.8. The number of anilines is 1. The average molecular weight is 392 g/mol. The molecule has 0 unspecified atom stereocenters. The van der Waals surface area contributed by atoms with Crippen molar-refractivity contribution >= 4 is 40.1 Å². The number of benzene rings is 1. The molecule has 7 nitrogen and oxygen atoms in total. The van der Waals surface area contributed by atoms with Crippen LogP contribution in [-0.4, -0.2) is 54.1 Å². The Hall–Kier alpha value is -2.54. The smallest absolute Gasteiger partial charge is 0.345 e. The third-order valence-electron chi connectivity index (χ3n) is 4.85. The number of hydrogen-bond acceptors (Lipinski definition) is 5. The second-order valence-corrected chi connectivity index (χ2v) is 6.90. The zero-order chi connectivity index (χ0) is 19.7. The summed E-state index contributed by atoms with van der Waals surface area (Å²) in [5, 5.41) is 1.23. The number of aryl methyl sites for hydroxylation is 1. The van der Waals surface area contributed by atoms with Crippen LogP contribution in [0.4, 0.5) is 5.69 Å². The van der Waals surface area contributed by atoms with Crippen molar-refractivity contribution in [2.24, 2.45) is 7.05 Å². The molecule has 1 aliphatic heterocycles. The van der Waals surface area contributed by atoms with E-state index in [0.717, 1.165) is 0 Å². The van der Waals surface area contributed by atoms with Gasteiger partial charge in [0.15, 0.2) is 0 Å².